The number of benzene rings is 3. The minimum absolute atomic E-state index is 0.355. The Labute approximate surface area is 151 Å². The molecule has 0 spiro atoms. The second-order valence-corrected chi connectivity index (χ2v) is 5.73. The molecule has 0 aliphatic heterocycles. The second kappa shape index (κ2) is 7.70. The zero-order chi connectivity index (χ0) is 18.5. The fraction of sp³-hybridized carbons (Fsp3) is 0.143. The SMILES string of the molecule is COc1cccc(C=Nc2cccc3ccccc23)c1O[C@@H](C)C(=O)O. The van der Waals surface area contributed by atoms with E-state index in [0.717, 1.165) is 16.5 Å². The summed E-state index contributed by atoms with van der Waals surface area (Å²) in [4.78, 5) is 15.7. The van der Waals surface area contributed by atoms with Crippen LogP contribution in [0.4, 0.5) is 5.69 Å². The van der Waals surface area contributed by atoms with E-state index in [2.05, 4.69) is 4.99 Å². The predicted octanol–water partition coefficient (Wildman–Crippen LogP) is 4.45. The summed E-state index contributed by atoms with van der Waals surface area (Å²) >= 11 is 0. The van der Waals surface area contributed by atoms with Gasteiger partial charge in [-0.2, -0.15) is 0 Å². The Kier molecular flexibility index (Phi) is 5.17. The van der Waals surface area contributed by atoms with E-state index in [1.807, 2.05) is 48.5 Å². The Morgan fingerprint density at radius 2 is 1.81 bits per heavy atom. The van der Waals surface area contributed by atoms with E-state index in [4.69, 9.17) is 14.6 Å². The third-order valence-corrected chi connectivity index (χ3v) is 3.98. The molecule has 5 heteroatoms. The van der Waals surface area contributed by atoms with E-state index in [1.165, 1.54) is 14.0 Å². The van der Waals surface area contributed by atoms with Gasteiger partial charge in [-0.25, -0.2) is 4.79 Å². The zero-order valence-corrected chi connectivity index (χ0v) is 14.5. The first-order valence-corrected chi connectivity index (χ1v) is 8.18. The van der Waals surface area contributed by atoms with E-state index in [1.54, 1.807) is 18.3 Å². The number of carboxylic acids is 1. The average molecular weight is 349 g/mol. The quantitative estimate of drug-likeness (QED) is 0.668. The van der Waals surface area contributed by atoms with Crippen LogP contribution in [0.15, 0.2) is 65.7 Å². The van der Waals surface area contributed by atoms with Gasteiger partial charge >= 0.3 is 5.97 Å². The number of carbonyl (C=O) groups is 1. The molecule has 1 atom stereocenters. The van der Waals surface area contributed by atoms with Gasteiger partial charge in [0, 0.05) is 17.2 Å². The Hall–Kier alpha value is -3.34. The van der Waals surface area contributed by atoms with Crippen LogP contribution < -0.4 is 9.47 Å². The molecule has 0 unspecified atom stereocenters. The molecule has 0 saturated heterocycles. The predicted molar refractivity (Wildman–Crippen MR) is 102 cm³/mol. The van der Waals surface area contributed by atoms with Crippen LogP contribution >= 0.6 is 0 Å². The fourth-order valence-electron chi connectivity index (χ4n) is 2.61. The lowest BCUT2D eigenvalue weighted by Crippen LogP contribution is -2.23. The first-order chi connectivity index (χ1) is 12.6. The van der Waals surface area contributed by atoms with Crippen LogP contribution in [-0.2, 0) is 4.79 Å². The van der Waals surface area contributed by atoms with Crippen LogP contribution in [0, 0.1) is 0 Å². The number of nitrogens with zero attached hydrogens (tertiary/aromatic N) is 1. The van der Waals surface area contributed by atoms with Crippen LogP contribution in [0.2, 0.25) is 0 Å². The number of aliphatic carboxylic acids is 1. The van der Waals surface area contributed by atoms with Crippen molar-refractivity contribution < 1.29 is 19.4 Å². The highest BCUT2D eigenvalue weighted by molar-refractivity contribution is 5.96. The number of para-hydroxylation sites is 1. The summed E-state index contributed by atoms with van der Waals surface area (Å²) in [7, 11) is 1.51. The Morgan fingerprint density at radius 1 is 1.08 bits per heavy atom. The summed E-state index contributed by atoms with van der Waals surface area (Å²) in [5.74, 6) is -0.235. The van der Waals surface area contributed by atoms with E-state index in [-0.39, 0.29) is 0 Å². The number of hydrogen-bond acceptors (Lipinski definition) is 4. The van der Waals surface area contributed by atoms with Crippen molar-refractivity contribution in [2.24, 2.45) is 4.99 Å². The maximum atomic E-state index is 11.1. The molecule has 0 amide bonds. The molecule has 0 aromatic heterocycles. The molecular weight excluding hydrogens is 330 g/mol. The lowest BCUT2D eigenvalue weighted by atomic mass is 10.1. The van der Waals surface area contributed by atoms with Crippen LogP contribution in [0.25, 0.3) is 10.8 Å². The van der Waals surface area contributed by atoms with Gasteiger partial charge < -0.3 is 14.6 Å². The molecule has 3 aromatic carbocycles. The van der Waals surface area contributed by atoms with Crippen molar-refractivity contribution >= 4 is 28.6 Å². The molecule has 26 heavy (non-hydrogen) atoms. The topological polar surface area (TPSA) is 68.1 Å². The van der Waals surface area contributed by atoms with Crippen molar-refractivity contribution in [3.8, 4) is 11.5 Å². The Morgan fingerprint density at radius 3 is 2.58 bits per heavy atom. The molecular formula is C21H19NO4. The minimum atomic E-state index is -1.05. The summed E-state index contributed by atoms with van der Waals surface area (Å²) < 4.78 is 10.9. The molecule has 0 heterocycles. The van der Waals surface area contributed by atoms with Crippen LogP contribution in [0.1, 0.15) is 12.5 Å². The van der Waals surface area contributed by atoms with E-state index in [9.17, 15) is 4.79 Å². The monoisotopic (exact) mass is 349 g/mol. The first kappa shape index (κ1) is 17.5. The van der Waals surface area contributed by atoms with Crippen LogP contribution in [0.5, 0.6) is 11.5 Å². The normalized spacial score (nSPS) is 12.2. The molecule has 0 saturated carbocycles. The summed E-state index contributed by atoms with van der Waals surface area (Å²) in [6, 6.07) is 19.2. The fourth-order valence-corrected chi connectivity index (χ4v) is 2.61. The molecule has 0 fully saturated rings. The summed E-state index contributed by atoms with van der Waals surface area (Å²) in [6.45, 7) is 1.47. The van der Waals surface area contributed by atoms with Crippen molar-refractivity contribution in [3.05, 3.63) is 66.2 Å². The zero-order valence-electron chi connectivity index (χ0n) is 14.5. The number of carboxylic acid groups (broad SMARTS) is 1. The van der Waals surface area contributed by atoms with Crippen molar-refractivity contribution in [3.63, 3.8) is 0 Å². The van der Waals surface area contributed by atoms with Gasteiger partial charge in [0.15, 0.2) is 17.6 Å². The molecule has 0 aliphatic rings. The number of rotatable bonds is 6. The maximum absolute atomic E-state index is 11.1. The van der Waals surface area contributed by atoms with Gasteiger partial charge in [-0.15, -0.1) is 0 Å². The summed E-state index contributed by atoms with van der Waals surface area (Å²) in [5, 5.41) is 11.3. The van der Waals surface area contributed by atoms with Crippen LogP contribution in [0.3, 0.4) is 0 Å². The lowest BCUT2D eigenvalue weighted by molar-refractivity contribution is -0.144. The highest BCUT2D eigenvalue weighted by Crippen LogP contribution is 2.32. The van der Waals surface area contributed by atoms with Gasteiger partial charge in [0.25, 0.3) is 0 Å². The Balaban J connectivity index is 2.01. The van der Waals surface area contributed by atoms with Gasteiger partial charge in [0.2, 0.25) is 0 Å². The molecule has 3 rings (SSSR count). The number of ether oxygens (including phenoxy) is 2. The van der Waals surface area contributed by atoms with Gasteiger partial charge in [-0.3, -0.25) is 4.99 Å². The summed E-state index contributed by atoms with van der Waals surface area (Å²) in [6.07, 6.45) is 0.657. The molecule has 3 aromatic rings. The highest BCUT2D eigenvalue weighted by Gasteiger charge is 2.17. The van der Waals surface area contributed by atoms with Gasteiger partial charge in [0.05, 0.1) is 12.8 Å². The smallest absolute Gasteiger partial charge is 0.344 e. The lowest BCUT2D eigenvalue weighted by Gasteiger charge is -2.15. The third-order valence-electron chi connectivity index (χ3n) is 3.98. The van der Waals surface area contributed by atoms with Crippen molar-refractivity contribution in [1.29, 1.82) is 0 Å². The highest BCUT2D eigenvalue weighted by atomic mass is 16.5. The van der Waals surface area contributed by atoms with Gasteiger partial charge in [-0.05, 0) is 30.5 Å². The molecule has 1 N–H and O–H groups in total. The Bertz CT molecular complexity index is 960. The minimum Gasteiger partial charge on any atom is -0.493 e. The van der Waals surface area contributed by atoms with Gasteiger partial charge in [-0.1, -0.05) is 42.5 Å². The molecule has 5 nitrogen and oxygen atoms in total. The molecule has 0 aliphatic carbocycles. The van der Waals surface area contributed by atoms with Gasteiger partial charge in [0.1, 0.15) is 0 Å². The number of methoxy groups -OCH3 is 1. The number of fused-ring (bicyclic) bond motifs is 1. The first-order valence-electron chi connectivity index (χ1n) is 8.18. The van der Waals surface area contributed by atoms with Crippen LogP contribution in [-0.4, -0.2) is 30.5 Å². The number of hydrogen-bond donors (Lipinski definition) is 1. The number of aliphatic imine (C=N–C) groups is 1. The average Bonchev–Trinajstić information content (AvgIpc) is 2.66. The summed E-state index contributed by atoms with van der Waals surface area (Å²) in [5.41, 5.74) is 1.47. The van der Waals surface area contributed by atoms with E-state index >= 15 is 0 Å². The standard InChI is InChI=1S/C21H19NO4/c1-14(21(23)24)26-20-16(9-6-12-19(20)25-2)13-22-18-11-5-8-15-7-3-4-10-17(15)18/h3-14H,1-2H3,(H,23,24)/t14-/m0/s1. The van der Waals surface area contributed by atoms with E-state index < -0.39 is 12.1 Å². The van der Waals surface area contributed by atoms with E-state index in [0.29, 0.717) is 17.1 Å². The van der Waals surface area contributed by atoms with Crippen molar-refractivity contribution in [1.82, 2.24) is 0 Å². The largest absolute Gasteiger partial charge is 0.493 e. The maximum Gasteiger partial charge on any atom is 0.344 e. The molecule has 132 valence electrons. The third kappa shape index (κ3) is 3.67. The molecule has 0 radical (unpaired) electrons. The second-order valence-electron chi connectivity index (χ2n) is 5.73. The molecule has 0 bridgehead atoms. The van der Waals surface area contributed by atoms with Crippen molar-refractivity contribution in [2.75, 3.05) is 7.11 Å². The van der Waals surface area contributed by atoms with Crippen molar-refractivity contribution in [2.45, 2.75) is 13.0 Å².